The normalized spacial score (nSPS) is 12.2. The summed E-state index contributed by atoms with van der Waals surface area (Å²) in [6, 6.07) is -0.376. The van der Waals surface area contributed by atoms with Gasteiger partial charge in [0, 0.05) is 6.54 Å². The monoisotopic (exact) mass is 428 g/mol. The molecule has 0 spiro atoms. The Hall–Kier alpha value is -0.730. The van der Waals surface area contributed by atoms with E-state index < -0.39 is 0 Å². The lowest BCUT2D eigenvalue weighted by molar-refractivity contribution is -0.122. The molecule has 0 aromatic rings. The van der Waals surface area contributed by atoms with Gasteiger partial charge in [0.05, 0.1) is 6.04 Å². The van der Waals surface area contributed by atoms with E-state index in [2.05, 4.69) is 28.2 Å². The van der Waals surface area contributed by atoms with Crippen LogP contribution in [0.15, 0.2) is 0 Å². The second kappa shape index (κ2) is 24.5. The van der Waals surface area contributed by atoms with Gasteiger partial charge in [-0.25, -0.2) is 0 Å². The fourth-order valence-electron chi connectivity index (χ4n) is 3.26. The molecule has 8 N–H and O–H groups in total. The fraction of sp³-hybridized carbons (Fsp3) is 0.957. The van der Waals surface area contributed by atoms with E-state index in [0.29, 0.717) is 6.54 Å². The van der Waals surface area contributed by atoms with Crippen LogP contribution in [0.2, 0.25) is 0 Å². The van der Waals surface area contributed by atoms with Gasteiger partial charge in [-0.15, -0.1) is 0 Å². The smallest absolute Gasteiger partial charge is 0.236 e. The molecule has 0 aliphatic rings. The molecule has 0 aromatic carbocycles. The molecular weight excluding hydrogens is 376 g/mol. The van der Waals surface area contributed by atoms with Gasteiger partial charge >= 0.3 is 0 Å². The van der Waals surface area contributed by atoms with E-state index in [1.165, 1.54) is 44.9 Å². The minimum absolute atomic E-state index is 0.0116. The van der Waals surface area contributed by atoms with Crippen LogP contribution in [0.5, 0.6) is 0 Å². The summed E-state index contributed by atoms with van der Waals surface area (Å²) in [7, 11) is 0. The molecule has 0 aromatic heterocycles. The minimum Gasteiger partial charge on any atom is -0.355 e. The second-order valence-corrected chi connectivity index (χ2v) is 8.26. The number of hydrogen-bond donors (Lipinski definition) is 6. The van der Waals surface area contributed by atoms with Gasteiger partial charge in [0.2, 0.25) is 5.91 Å². The Bertz CT molecular complexity index is 357. The van der Waals surface area contributed by atoms with Gasteiger partial charge in [-0.2, -0.15) is 0 Å². The van der Waals surface area contributed by atoms with E-state index in [1.54, 1.807) is 0 Å². The molecule has 0 fully saturated rings. The zero-order valence-corrected chi connectivity index (χ0v) is 19.8. The van der Waals surface area contributed by atoms with Crippen LogP contribution in [0.3, 0.4) is 0 Å². The van der Waals surface area contributed by atoms with Crippen LogP contribution in [0, 0.1) is 0 Å². The molecular formula is C23H52N6O. The first-order valence-corrected chi connectivity index (χ1v) is 12.6. The lowest BCUT2D eigenvalue weighted by atomic mass is 10.1. The fourth-order valence-corrected chi connectivity index (χ4v) is 3.26. The van der Waals surface area contributed by atoms with Gasteiger partial charge in [0.25, 0.3) is 0 Å². The number of nitrogens with two attached hydrogens (primary N) is 2. The molecule has 0 saturated heterocycles. The average molecular weight is 429 g/mol. The quantitative estimate of drug-likeness (QED) is 0.131. The van der Waals surface area contributed by atoms with Crippen LogP contribution < -0.4 is 32.7 Å². The predicted molar refractivity (Wildman–Crippen MR) is 130 cm³/mol. The Morgan fingerprint density at radius 2 is 1.17 bits per heavy atom. The zero-order chi connectivity index (χ0) is 22.1. The summed E-state index contributed by atoms with van der Waals surface area (Å²) in [5, 5.41) is 13.3. The van der Waals surface area contributed by atoms with Crippen molar-refractivity contribution in [2.24, 2.45) is 11.5 Å². The van der Waals surface area contributed by atoms with Crippen LogP contribution in [0.25, 0.3) is 0 Å². The van der Waals surface area contributed by atoms with Gasteiger partial charge in [-0.05, 0) is 90.8 Å². The van der Waals surface area contributed by atoms with Gasteiger partial charge in [-0.3, -0.25) is 4.79 Å². The van der Waals surface area contributed by atoms with Crippen molar-refractivity contribution in [2.75, 3.05) is 52.4 Å². The first kappa shape index (κ1) is 29.3. The third-order valence-corrected chi connectivity index (χ3v) is 5.26. The highest BCUT2D eigenvalue weighted by Gasteiger charge is 2.11. The SMILES string of the molecule is CCCCCCCNCCCC[C@@H](N)C(=O)NCCCNCCCCNCCCN. The highest BCUT2D eigenvalue weighted by Crippen LogP contribution is 2.02. The molecule has 0 saturated carbocycles. The van der Waals surface area contributed by atoms with Crippen molar-refractivity contribution in [1.29, 1.82) is 0 Å². The summed E-state index contributed by atoms with van der Waals surface area (Å²) in [4.78, 5) is 12.0. The highest BCUT2D eigenvalue weighted by molar-refractivity contribution is 5.81. The summed E-state index contributed by atoms with van der Waals surface area (Å²) < 4.78 is 0. The number of hydrogen-bond acceptors (Lipinski definition) is 6. The summed E-state index contributed by atoms with van der Waals surface area (Å²) in [6.07, 6.45) is 13.8. The van der Waals surface area contributed by atoms with Gasteiger partial charge < -0.3 is 32.7 Å². The Morgan fingerprint density at radius 3 is 1.77 bits per heavy atom. The third-order valence-electron chi connectivity index (χ3n) is 5.26. The Morgan fingerprint density at radius 1 is 0.667 bits per heavy atom. The molecule has 1 atom stereocenters. The van der Waals surface area contributed by atoms with E-state index in [4.69, 9.17) is 11.5 Å². The Kier molecular flexibility index (Phi) is 23.9. The number of carbonyl (C=O) groups excluding carboxylic acids is 1. The van der Waals surface area contributed by atoms with Crippen LogP contribution in [0.1, 0.15) is 84.0 Å². The van der Waals surface area contributed by atoms with E-state index in [-0.39, 0.29) is 11.9 Å². The van der Waals surface area contributed by atoms with Crippen LogP contribution in [-0.2, 0) is 4.79 Å². The van der Waals surface area contributed by atoms with Crippen LogP contribution >= 0.6 is 0 Å². The molecule has 0 rings (SSSR count). The number of unbranched alkanes of at least 4 members (excludes halogenated alkanes) is 6. The number of carbonyl (C=O) groups is 1. The van der Waals surface area contributed by atoms with Crippen molar-refractivity contribution >= 4 is 5.91 Å². The van der Waals surface area contributed by atoms with E-state index >= 15 is 0 Å². The van der Waals surface area contributed by atoms with Gasteiger partial charge in [0.1, 0.15) is 0 Å². The molecule has 0 bridgehead atoms. The largest absolute Gasteiger partial charge is 0.355 e. The Balaban J connectivity index is 3.30. The maximum atomic E-state index is 12.0. The molecule has 180 valence electrons. The molecule has 0 radical (unpaired) electrons. The average Bonchev–Trinajstić information content (AvgIpc) is 2.75. The van der Waals surface area contributed by atoms with E-state index in [1.807, 2.05) is 0 Å². The first-order valence-electron chi connectivity index (χ1n) is 12.6. The number of amides is 1. The van der Waals surface area contributed by atoms with Crippen LogP contribution in [-0.4, -0.2) is 64.3 Å². The maximum Gasteiger partial charge on any atom is 0.236 e. The number of nitrogens with one attached hydrogen (secondary N) is 4. The van der Waals surface area contributed by atoms with Crippen molar-refractivity contribution < 1.29 is 4.79 Å². The van der Waals surface area contributed by atoms with Crippen molar-refractivity contribution in [3.05, 3.63) is 0 Å². The predicted octanol–water partition coefficient (Wildman–Crippen LogP) is 1.86. The standard InChI is InChI=1S/C23H52N6O/c1-2-3-4-5-7-15-26-16-8-6-13-22(25)23(30)29-21-12-20-28-18-10-9-17-27-19-11-14-24/h22,26-28H,2-21,24-25H2,1H3,(H,29,30)/t22-/m1/s1. The van der Waals surface area contributed by atoms with Crippen molar-refractivity contribution in [3.8, 4) is 0 Å². The van der Waals surface area contributed by atoms with Gasteiger partial charge in [0.15, 0.2) is 0 Å². The van der Waals surface area contributed by atoms with Crippen molar-refractivity contribution in [3.63, 3.8) is 0 Å². The molecule has 0 aliphatic carbocycles. The molecule has 0 unspecified atom stereocenters. The summed E-state index contributed by atoms with van der Waals surface area (Å²) in [6.45, 7) is 9.86. The van der Waals surface area contributed by atoms with E-state index in [0.717, 1.165) is 77.9 Å². The molecule has 7 nitrogen and oxygen atoms in total. The summed E-state index contributed by atoms with van der Waals surface area (Å²) in [5.41, 5.74) is 11.5. The van der Waals surface area contributed by atoms with Crippen LogP contribution in [0.4, 0.5) is 0 Å². The van der Waals surface area contributed by atoms with Gasteiger partial charge in [-0.1, -0.05) is 39.0 Å². The molecule has 7 heteroatoms. The number of rotatable bonds is 24. The lowest BCUT2D eigenvalue weighted by Crippen LogP contribution is -2.41. The minimum atomic E-state index is -0.376. The zero-order valence-electron chi connectivity index (χ0n) is 19.8. The molecule has 0 heterocycles. The highest BCUT2D eigenvalue weighted by atomic mass is 16.2. The lowest BCUT2D eigenvalue weighted by Gasteiger charge is -2.12. The first-order chi connectivity index (χ1) is 14.7. The Labute approximate surface area is 186 Å². The maximum absolute atomic E-state index is 12.0. The second-order valence-electron chi connectivity index (χ2n) is 8.26. The molecule has 1 amide bonds. The summed E-state index contributed by atoms with van der Waals surface area (Å²) >= 11 is 0. The van der Waals surface area contributed by atoms with E-state index in [9.17, 15) is 4.79 Å². The third kappa shape index (κ3) is 22.0. The summed E-state index contributed by atoms with van der Waals surface area (Å²) in [5.74, 6) is -0.0116. The van der Waals surface area contributed by atoms with Crippen molar-refractivity contribution in [1.82, 2.24) is 21.3 Å². The van der Waals surface area contributed by atoms with Crippen molar-refractivity contribution in [2.45, 2.75) is 90.0 Å². The topological polar surface area (TPSA) is 117 Å². The molecule has 0 aliphatic heterocycles. The molecule has 30 heavy (non-hydrogen) atoms.